The number of nitrogens with one attached hydrogen (secondary N) is 2. The summed E-state index contributed by atoms with van der Waals surface area (Å²) in [7, 11) is 0. The van der Waals surface area contributed by atoms with Crippen molar-refractivity contribution in [3.05, 3.63) is 101 Å². The lowest BCUT2D eigenvalue weighted by Crippen LogP contribution is -2.31. The Bertz CT molecular complexity index is 991. The molecule has 2 amide bonds. The minimum absolute atomic E-state index is 0.146. The fourth-order valence-electron chi connectivity index (χ4n) is 2.87. The Kier molecular flexibility index (Phi) is 7.46. The Morgan fingerprint density at radius 2 is 1.70 bits per heavy atom. The molecule has 0 saturated heterocycles. The van der Waals surface area contributed by atoms with Gasteiger partial charge in [-0.3, -0.25) is 9.59 Å². The predicted molar refractivity (Wildman–Crippen MR) is 118 cm³/mol. The third-order valence-electron chi connectivity index (χ3n) is 4.51. The first kappa shape index (κ1) is 21.4. The van der Waals surface area contributed by atoms with Gasteiger partial charge in [0.2, 0.25) is 0 Å². The molecular formula is C24H23ClN2O3. The van der Waals surface area contributed by atoms with Gasteiger partial charge in [-0.2, -0.15) is 0 Å². The van der Waals surface area contributed by atoms with E-state index in [2.05, 4.69) is 10.6 Å². The van der Waals surface area contributed by atoms with Gasteiger partial charge in [-0.25, -0.2) is 0 Å². The van der Waals surface area contributed by atoms with Crippen LogP contribution in [0.3, 0.4) is 0 Å². The maximum Gasteiger partial charge on any atom is 0.258 e. The average Bonchev–Trinajstić information content (AvgIpc) is 2.77. The summed E-state index contributed by atoms with van der Waals surface area (Å²) in [5, 5.41) is 6.39. The molecular weight excluding hydrogens is 400 g/mol. The molecule has 154 valence electrons. The lowest BCUT2D eigenvalue weighted by atomic mass is 10.1. The van der Waals surface area contributed by atoms with Gasteiger partial charge in [-0.1, -0.05) is 60.1 Å². The van der Waals surface area contributed by atoms with E-state index in [-0.39, 0.29) is 24.5 Å². The van der Waals surface area contributed by atoms with E-state index in [0.29, 0.717) is 22.9 Å². The number of hydrogen-bond acceptors (Lipinski definition) is 3. The third kappa shape index (κ3) is 6.36. The van der Waals surface area contributed by atoms with Crippen LogP contribution in [0.1, 0.15) is 34.5 Å². The number of ether oxygens (including phenoxy) is 1. The molecule has 3 rings (SSSR count). The van der Waals surface area contributed by atoms with E-state index in [0.717, 1.165) is 11.1 Å². The summed E-state index contributed by atoms with van der Waals surface area (Å²) < 4.78 is 5.56. The topological polar surface area (TPSA) is 67.4 Å². The highest BCUT2D eigenvalue weighted by molar-refractivity contribution is 6.30. The summed E-state index contributed by atoms with van der Waals surface area (Å²) in [6.07, 6.45) is 0. The number of hydrogen-bond donors (Lipinski definition) is 2. The molecule has 0 saturated carbocycles. The Balaban J connectivity index is 1.50. The second-order valence-electron chi connectivity index (χ2n) is 6.83. The zero-order chi connectivity index (χ0) is 21.3. The van der Waals surface area contributed by atoms with Crippen LogP contribution < -0.4 is 15.4 Å². The largest absolute Gasteiger partial charge is 0.484 e. The molecule has 0 fully saturated rings. The highest BCUT2D eigenvalue weighted by atomic mass is 35.5. The Morgan fingerprint density at radius 3 is 2.43 bits per heavy atom. The Hall–Kier alpha value is -3.31. The molecule has 0 aromatic heterocycles. The summed E-state index contributed by atoms with van der Waals surface area (Å²) in [5.41, 5.74) is 2.44. The summed E-state index contributed by atoms with van der Waals surface area (Å²) in [6.45, 7) is 2.18. The van der Waals surface area contributed by atoms with Crippen molar-refractivity contribution < 1.29 is 14.3 Å². The smallest absolute Gasteiger partial charge is 0.258 e. The maximum absolute atomic E-state index is 12.4. The summed E-state index contributed by atoms with van der Waals surface area (Å²) in [5.74, 6) is -0.00171. The van der Waals surface area contributed by atoms with Gasteiger partial charge >= 0.3 is 0 Å². The van der Waals surface area contributed by atoms with Crippen molar-refractivity contribution in [2.24, 2.45) is 0 Å². The highest BCUT2D eigenvalue weighted by Crippen LogP contribution is 2.17. The quantitative estimate of drug-likeness (QED) is 0.560. The van der Waals surface area contributed by atoms with Crippen molar-refractivity contribution in [2.45, 2.75) is 19.5 Å². The van der Waals surface area contributed by atoms with Crippen LogP contribution in [0.2, 0.25) is 5.02 Å². The molecule has 6 heteroatoms. The van der Waals surface area contributed by atoms with Crippen molar-refractivity contribution in [1.82, 2.24) is 10.6 Å². The first-order valence-electron chi connectivity index (χ1n) is 9.61. The molecule has 3 aromatic rings. The summed E-state index contributed by atoms with van der Waals surface area (Å²) >= 11 is 5.89. The Labute approximate surface area is 181 Å². The van der Waals surface area contributed by atoms with Crippen molar-refractivity contribution in [2.75, 3.05) is 6.61 Å². The maximum atomic E-state index is 12.4. The lowest BCUT2D eigenvalue weighted by molar-refractivity contribution is -0.123. The standard InChI is InChI=1S/C24H23ClN2O3/c1-17(19-10-12-21(25)13-11-19)27-23(28)16-30-22-9-5-8-20(14-22)24(29)26-15-18-6-3-2-4-7-18/h2-14,17H,15-16H2,1H3,(H,26,29)(H,27,28). The van der Waals surface area contributed by atoms with Gasteiger partial charge in [0.25, 0.3) is 11.8 Å². The van der Waals surface area contributed by atoms with E-state index in [9.17, 15) is 9.59 Å². The molecule has 0 radical (unpaired) electrons. The van der Waals surface area contributed by atoms with Gasteiger partial charge in [0, 0.05) is 17.1 Å². The van der Waals surface area contributed by atoms with Crippen LogP contribution in [0.15, 0.2) is 78.9 Å². The number of rotatable bonds is 8. The second-order valence-corrected chi connectivity index (χ2v) is 7.26. The van der Waals surface area contributed by atoms with E-state index in [4.69, 9.17) is 16.3 Å². The van der Waals surface area contributed by atoms with E-state index in [1.54, 1.807) is 36.4 Å². The second kappa shape index (κ2) is 10.5. The Morgan fingerprint density at radius 1 is 0.967 bits per heavy atom. The number of amides is 2. The average molecular weight is 423 g/mol. The fraction of sp³-hybridized carbons (Fsp3) is 0.167. The molecule has 0 aliphatic rings. The van der Waals surface area contributed by atoms with Gasteiger partial charge in [-0.15, -0.1) is 0 Å². The van der Waals surface area contributed by atoms with Crippen molar-refractivity contribution in [1.29, 1.82) is 0 Å². The monoisotopic (exact) mass is 422 g/mol. The van der Waals surface area contributed by atoms with Crippen LogP contribution in [0.5, 0.6) is 5.75 Å². The molecule has 2 N–H and O–H groups in total. The number of halogens is 1. The van der Waals surface area contributed by atoms with Gasteiger partial charge in [0.05, 0.1) is 6.04 Å². The minimum atomic E-state index is -0.253. The van der Waals surface area contributed by atoms with Crippen LogP contribution >= 0.6 is 11.6 Å². The van der Waals surface area contributed by atoms with Gasteiger partial charge in [0.1, 0.15) is 5.75 Å². The minimum Gasteiger partial charge on any atom is -0.484 e. The number of carbonyl (C=O) groups excluding carboxylic acids is 2. The molecule has 1 atom stereocenters. The van der Waals surface area contributed by atoms with E-state index >= 15 is 0 Å². The molecule has 0 heterocycles. The lowest BCUT2D eigenvalue weighted by Gasteiger charge is -2.15. The summed E-state index contributed by atoms with van der Waals surface area (Å²) in [4.78, 5) is 24.6. The van der Waals surface area contributed by atoms with Crippen molar-refractivity contribution in [3.63, 3.8) is 0 Å². The van der Waals surface area contributed by atoms with Crippen molar-refractivity contribution >= 4 is 23.4 Å². The summed E-state index contributed by atoms with van der Waals surface area (Å²) in [6, 6.07) is 23.6. The number of carbonyl (C=O) groups is 2. The van der Waals surface area contributed by atoms with Crippen LogP contribution in [0.25, 0.3) is 0 Å². The molecule has 0 spiro atoms. The normalized spacial score (nSPS) is 11.4. The molecule has 0 bridgehead atoms. The van der Waals surface area contributed by atoms with Crippen LogP contribution in [0, 0.1) is 0 Å². The van der Waals surface area contributed by atoms with E-state index in [1.165, 1.54) is 0 Å². The molecule has 1 unspecified atom stereocenters. The van der Waals surface area contributed by atoms with Crippen molar-refractivity contribution in [3.8, 4) is 5.75 Å². The highest BCUT2D eigenvalue weighted by Gasteiger charge is 2.11. The van der Waals surface area contributed by atoms with E-state index in [1.807, 2.05) is 49.4 Å². The zero-order valence-corrected chi connectivity index (χ0v) is 17.4. The SMILES string of the molecule is CC(NC(=O)COc1cccc(C(=O)NCc2ccccc2)c1)c1ccc(Cl)cc1. The van der Waals surface area contributed by atoms with Crippen LogP contribution in [-0.4, -0.2) is 18.4 Å². The first-order valence-corrected chi connectivity index (χ1v) is 9.99. The fourth-order valence-corrected chi connectivity index (χ4v) is 3.00. The number of benzene rings is 3. The zero-order valence-electron chi connectivity index (χ0n) is 16.6. The van der Waals surface area contributed by atoms with Gasteiger partial charge in [-0.05, 0) is 48.4 Å². The molecule has 0 aliphatic carbocycles. The van der Waals surface area contributed by atoms with Crippen LogP contribution in [0.4, 0.5) is 0 Å². The molecule has 30 heavy (non-hydrogen) atoms. The third-order valence-corrected chi connectivity index (χ3v) is 4.76. The molecule has 5 nitrogen and oxygen atoms in total. The first-order chi connectivity index (χ1) is 14.5. The molecule has 3 aromatic carbocycles. The van der Waals surface area contributed by atoms with Gasteiger partial charge < -0.3 is 15.4 Å². The van der Waals surface area contributed by atoms with Gasteiger partial charge in [0.15, 0.2) is 6.61 Å². The van der Waals surface area contributed by atoms with E-state index < -0.39 is 0 Å². The van der Waals surface area contributed by atoms with Crippen LogP contribution in [-0.2, 0) is 11.3 Å². The predicted octanol–water partition coefficient (Wildman–Crippen LogP) is 4.53. The molecule has 0 aliphatic heterocycles.